The first-order valence-corrected chi connectivity index (χ1v) is 10.8. The minimum absolute atomic E-state index is 0.0937. The number of anilines is 1. The number of rotatable bonds is 5. The van der Waals surface area contributed by atoms with Gasteiger partial charge in [-0.05, 0) is 73.3 Å². The molecule has 0 heterocycles. The van der Waals surface area contributed by atoms with Crippen LogP contribution in [-0.4, -0.2) is 18.4 Å². The lowest BCUT2D eigenvalue weighted by Gasteiger charge is -2.41. The molecule has 0 saturated heterocycles. The Hall–Kier alpha value is -2.69. The first-order valence-electron chi connectivity index (χ1n) is 10.8. The maximum Gasteiger partial charge on any atom is 0.251 e. The Balaban J connectivity index is 1.72. The summed E-state index contributed by atoms with van der Waals surface area (Å²) in [5.41, 5.74) is 1.41. The molecule has 2 aromatic rings. The largest absolute Gasteiger partial charge is 0.351 e. The average molecular weight is 409 g/mol. The molecule has 0 aliphatic heterocycles. The molecule has 0 radical (unpaired) electrons. The number of fused-ring (bicyclic) bond motifs is 1. The van der Waals surface area contributed by atoms with Crippen LogP contribution in [0.3, 0.4) is 0 Å². The first-order chi connectivity index (χ1) is 14.4. The second kappa shape index (κ2) is 7.86. The molecule has 30 heavy (non-hydrogen) atoms. The normalized spacial score (nSPS) is 22.9. The van der Waals surface area contributed by atoms with Gasteiger partial charge < -0.3 is 5.32 Å². The van der Waals surface area contributed by atoms with Gasteiger partial charge in [0, 0.05) is 11.7 Å². The Labute approximate surface area is 177 Å². The highest BCUT2D eigenvalue weighted by atomic mass is 19.1. The van der Waals surface area contributed by atoms with E-state index >= 15 is 0 Å². The number of carbonyl (C=O) groups is 2. The summed E-state index contributed by atoms with van der Waals surface area (Å²) < 4.78 is 14.0. The quantitative estimate of drug-likeness (QED) is 0.728. The van der Waals surface area contributed by atoms with E-state index in [4.69, 9.17) is 0 Å². The van der Waals surface area contributed by atoms with Gasteiger partial charge in [0.1, 0.15) is 5.82 Å². The van der Waals surface area contributed by atoms with Crippen molar-refractivity contribution in [2.45, 2.75) is 64.0 Å². The molecule has 0 bridgehead atoms. The fourth-order valence-electron chi connectivity index (χ4n) is 5.03. The molecule has 1 fully saturated rings. The van der Waals surface area contributed by atoms with Gasteiger partial charge in [0.25, 0.3) is 5.91 Å². The van der Waals surface area contributed by atoms with Crippen LogP contribution in [0.25, 0.3) is 0 Å². The van der Waals surface area contributed by atoms with Gasteiger partial charge in [0.15, 0.2) is 5.54 Å². The van der Waals surface area contributed by atoms with Gasteiger partial charge in [-0.1, -0.05) is 44.2 Å². The van der Waals surface area contributed by atoms with E-state index in [2.05, 4.69) is 19.2 Å². The molecule has 2 aromatic carbocycles. The van der Waals surface area contributed by atoms with Crippen LogP contribution in [0.5, 0.6) is 0 Å². The standard InChI is InChI=1S/C25H29FN2O2/c1-24(2)13-11-20(12-14-24)27-23(30)25(15-10-18-6-3-4-9-22(18)25)28(17-29)21-8-5-7-19(26)16-21/h3-9,16-17,20H,10-15H2,1-2H3,(H,27,30). The fourth-order valence-corrected chi connectivity index (χ4v) is 5.03. The number of hydrogen-bond acceptors (Lipinski definition) is 2. The van der Waals surface area contributed by atoms with Crippen molar-refractivity contribution in [1.82, 2.24) is 5.32 Å². The highest BCUT2D eigenvalue weighted by Gasteiger charge is 2.51. The van der Waals surface area contributed by atoms with Crippen molar-refractivity contribution in [2.24, 2.45) is 5.41 Å². The van der Waals surface area contributed by atoms with Crippen LogP contribution in [0.2, 0.25) is 0 Å². The molecular weight excluding hydrogens is 379 g/mol. The number of amides is 2. The van der Waals surface area contributed by atoms with Gasteiger partial charge in [0.05, 0.1) is 0 Å². The molecule has 0 aromatic heterocycles. The Morgan fingerprint density at radius 3 is 2.53 bits per heavy atom. The number of hydrogen-bond donors (Lipinski definition) is 1. The van der Waals surface area contributed by atoms with E-state index in [1.165, 1.54) is 17.0 Å². The van der Waals surface area contributed by atoms with Crippen molar-refractivity contribution < 1.29 is 14.0 Å². The van der Waals surface area contributed by atoms with E-state index < -0.39 is 11.4 Å². The minimum atomic E-state index is -1.17. The molecule has 2 aliphatic rings. The molecule has 0 spiro atoms. The monoisotopic (exact) mass is 408 g/mol. The van der Waals surface area contributed by atoms with Gasteiger partial charge >= 0.3 is 0 Å². The van der Waals surface area contributed by atoms with Gasteiger partial charge in [-0.3, -0.25) is 14.5 Å². The van der Waals surface area contributed by atoms with Crippen molar-refractivity contribution in [1.29, 1.82) is 0 Å². The second-order valence-corrected chi connectivity index (χ2v) is 9.38. The van der Waals surface area contributed by atoms with Crippen molar-refractivity contribution in [3.8, 4) is 0 Å². The third kappa shape index (κ3) is 3.62. The van der Waals surface area contributed by atoms with Crippen molar-refractivity contribution in [2.75, 3.05) is 4.90 Å². The zero-order valence-corrected chi connectivity index (χ0v) is 17.7. The summed E-state index contributed by atoms with van der Waals surface area (Å²) in [6.45, 7) is 4.52. The van der Waals surface area contributed by atoms with Gasteiger partial charge in [-0.15, -0.1) is 0 Å². The summed E-state index contributed by atoms with van der Waals surface area (Å²) in [6, 6.07) is 13.8. The summed E-state index contributed by atoms with van der Waals surface area (Å²) in [4.78, 5) is 27.6. The Morgan fingerprint density at radius 2 is 1.83 bits per heavy atom. The Bertz CT molecular complexity index is 948. The van der Waals surface area contributed by atoms with E-state index in [1.807, 2.05) is 24.3 Å². The van der Waals surface area contributed by atoms with E-state index in [-0.39, 0.29) is 11.9 Å². The molecule has 1 atom stereocenters. The molecule has 4 nitrogen and oxygen atoms in total. The van der Waals surface area contributed by atoms with E-state index in [0.29, 0.717) is 30.4 Å². The number of benzene rings is 2. The maximum atomic E-state index is 14.0. The zero-order chi connectivity index (χ0) is 21.4. The summed E-state index contributed by atoms with van der Waals surface area (Å²) in [6.07, 6.45) is 5.81. The fraction of sp³-hybridized carbons (Fsp3) is 0.440. The van der Waals surface area contributed by atoms with Crippen LogP contribution in [0.15, 0.2) is 48.5 Å². The molecule has 1 N–H and O–H groups in total. The highest BCUT2D eigenvalue weighted by Crippen LogP contribution is 2.44. The third-order valence-corrected chi connectivity index (χ3v) is 6.87. The van der Waals surface area contributed by atoms with Crippen LogP contribution >= 0.6 is 0 Å². The molecule has 2 aliphatic carbocycles. The molecule has 1 saturated carbocycles. The van der Waals surface area contributed by atoms with Crippen LogP contribution in [0.4, 0.5) is 10.1 Å². The van der Waals surface area contributed by atoms with Crippen LogP contribution < -0.4 is 10.2 Å². The Morgan fingerprint density at radius 1 is 1.10 bits per heavy atom. The molecular formula is C25H29FN2O2. The lowest BCUT2D eigenvalue weighted by Crippen LogP contribution is -2.57. The SMILES string of the molecule is CC1(C)CCC(NC(=O)C2(N(C=O)c3cccc(F)c3)CCc3ccccc32)CC1. The summed E-state index contributed by atoms with van der Waals surface area (Å²) in [7, 11) is 0. The topological polar surface area (TPSA) is 49.4 Å². The molecule has 1 unspecified atom stereocenters. The number of carbonyl (C=O) groups excluding carboxylic acids is 2. The first kappa shape index (κ1) is 20.6. The smallest absolute Gasteiger partial charge is 0.251 e. The second-order valence-electron chi connectivity index (χ2n) is 9.38. The number of nitrogens with one attached hydrogen (secondary N) is 1. The maximum absolute atomic E-state index is 14.0. The van der Waals surface area contributed by atoms with Crippen LogP contribution in [-0.2, 0) is 21.5 Å². The van der Waals surface area contributed by atoms with Crippen LogP contribution in [0, 0.1) is 11.2 Å². The zero-order valence-electron chi connectivity index (χ0n) is 17.7. The number of nitrogens with zero attached hydrogens (tertiary/aromatic N) is 1. The average Bonchev–Trinajstić information content (AvgIpc) is 3.11. The molecule has 5 heteroatoms. The van der Waals surface area contributed by atoms with Gasteiger partial charge in [-0.25, -0.2) is 4.39 Å². The third-order valence-electron chi connectivity index (χ3n) is 6.87. The van der Waals surface area contributed by atoms with E-state index in [0.717, 1.165) is 36.8 Å². The lowest BCUT2D eigenvalue weighted by molar-refractivity contribution is -0.129. The van der Waals surface area contributed by atoms with E-state index in [1.54, 1.807) is 12.1 Å². The molecule has 158 valence electrons. The lowest BCUT2D eigenvalue weighted by atomic mass is 9.75. The van der Waals surface area contributed by atoms with Crippen molar-refractivity contribution in [3.05, 3.63) is 65.5 Å². The number of aryl methyl sites for hydroxylation is 1. The predicted molar refractivity (Wildman–Crippen MR) is 116 cm³/mol. The van der Waals surface area contributed by atoms with E-state index in [9.17, 15) is 14.0 Å². The number of halogens is 1. The highest BCUT2D eigenvalue weighted by molar-refractivity contribution is 5.98. The predicted octanol–water partition coefficient (Wildman–Crippen LogP) is 4.72. The van der Waals surface area contributed by atoms with Gasteiger partial charge in [-0.2, -0.15) is 0 Å². The summed E-state index contributed by atoms with van der Waals surface area (Å²) in [5.74, 6) is -0.607. The minimum Gasteiger partial charge on any atom is -0.351 e. The van der Waals surface area contributed by atoms with Crippen LogP contribution in [0.1, 0.15) is 57.1 Å². The van der Waals surface area contributed by atoms with Crippen molar-refractivity contribution in [3.63, 3.8) is 0 Å². The summed E-state index contributed by atoms with van der Waals surface area (Å²) >= 11 is 0. The molecule has 2 amide bonds. The Kier molecular flexibility index (Phi) is 5.39. The van der Waals surface area contributed by atoms with Gasteiger partial charge in [0.2, 0.25) is 6.41 Å². The van der Waals surface area contributed by atoms with Crippen molar-refractivity contribution >= 4 is 18.0 Å². The molecule has 4 rings (SSSR count). The summed E-state index contributed by atoms with van der Waals surface area (Å²) in [5, 5.41) is 3.25.